The van der Waals surface area contributed by atoms with Gasteiger partial charge in [0, 0.05) is 6.04 Å². The van der Waals surface area contributed by atoms with Gasteiger partial charge in [0.05, 0.1) is 13.0 Å². The van der Waals surface area contributed by atoms with Crippen LogP contribution < -0.4 is 5.32 Å². The Labute approximate surface area is 95.8 Å². The van der Waals surface area contributed by atoms with Gasteiger partial charge in [0.15, 0.2) is 0 Å². The topological polar surface area (TPSA) is 38.3 Å². The molecule has 0 spiro atoms. The Hall–Kier alpha value is -1.35. The molecule has 1 aromatic rings. The summed E-state index contributed by atoms with van der Waals surface area (Å²) in [6.45, 7) is 2.93. The van der Waals surface area contributed by atoms with Gasteiger partial charge >= 0.3 is 5.97 Å². The van der Waals surface area contributed by atoms with Crippen LogP contribution in [0, 0.1) is 12.8 Å². The maximum atomic E-state index is 11.6. The summed E-state index contributed by atoms with van der Waals surface area (Å²) in [5.41, 5.74) is 2.40. The van der Waals surface area contributed by atoms with Crippen LogP contribution in [0.1, 0.15) is 23.6 Å². The third-order valence-corrected chi connectivity index (χ3v) is 3.16. The van der Waals surface area contributed by atoms with Gasteiger partial charge in [-0.2, -0.15) is 0 Å². The molecule has 86 valence electrons. The predicted molar refractivity (Wildman–Crippen MR) is 62.0 cm³/mol. The fourth-order valence-electron chi connectivity index (χ4n) is 2.23. The molecule has 0 bridgehead atoms. The van der Waals surface area contributed by atoms with E-state index >= 15 is 0 Å². The standard InChI is InChI=1S/C13H17NO2/c1-9-3-5-10(6-4-9)12-11(7-8-14-12)13(15)16-2/h3-6,11-12,14H,7-8H2,1-2H3. The van der Waals surface area contributed by atoms with Crippen LogP contribution in [0.3, 0.4) is 0 Å². The van der Waals surface area contributed by atoms with Crippen molar-refractivity contribution in [2.24, 2.45) is 5.92 Å². The summed E-state index contributed by atoms with van der Waals surface area (Å²) in [5, 5.41) is 3.36. The number of esters is 1. The molecular weight excluding hydrogens is 202 g/mol. The molecule has 0 saturated carbocycles. The molecule has 0 amide bonds. The van der Waals surface area contributed by atoms with Gasteiger partial charge in [0.2, 0.25) is 0 Å². The smallest absolute Gasteiger partial charge is 0.310 e. The summed E-state index contributed by atoms with van der Waals surface area (Å²) in [6.07, 6.45) is 0.852. The first-order valence-corrected chi connectivity index (χ1v) is 5.60. The van der Waals surface area contributed by atoms with Gasteiger partial charge in [0.1, 0.15) is 0 Å². The average molecular weight is 219 g/mol. The third kappa shape index (κ3) is 2.09. The van der Waals surface area contributed by atoms with Crippen LogP contribution in [0.4, 0.5) is 0 Å². The Morgan fingerprint density at radius 2 is 2.06 bits per heavy atom. The molecule has 2 rings (SSSR count). The van der Waals surface area contributed by atoms with Gasteiger partial charge < -0.3 is 10.1 Å². The van der Waals surface area contributed by atoms with Crippen molar-refractivity contribution in [3.05, 3.63) is 35.4 Å². The van der Waals surface area contributed by atoms with Crippen molar-refractivity contribution in [1.29, 1.82) is 0 Å². The maximum Gasteiger partial charge on any atom is 0.310 e. The summed E-state index contributed by atoms with van der Waals surface area (Å²) < 4.78 is 4.83. The summed E-state index contributed by atoms with van der Waals surface area (Å²) >= 11 is 0. The Morgan fingerprint density at radius 1 is 1.38 bits per heavy atom. The number of ether oxygens (including phenoxy) is 1. The second kappa shape index (κ2) is 4.66. The molecule has 1 heterocycles. The number of nitrogens with one attached hydrogen (secondary N) is 1. The molecule has 0 aliphatic carbocycles. The van der Waals surface area contributed by atoms with Gasteiger partial charge in [-0.15, -0.1) is 0 Å². The van der Waals surface area contributed by atoms with Crippen molar-refractivity contribution in [3.8, 4) is 0 Å². The normalized spacial score (nSPS) is 24.4. The lowest BCUT2D eigenvalue weighted by molar-refractivity contribution is -0.145. The van der Waals surface area contributed by atoms with Crippen LogP contribution in [0.15, 0.2) is 24.3 Å². The van der Waals surface area contributed by atoms with Crippen molar-refractivity contribution >= 4 is 5.97 Å². The molecule has 1 aliphatic heterocycles. The number of carbonyl (C=O) groups is 1. The van der Waals surface area contributed by atoms with E-state index in [1.165, 1.54) is 18.2 Å². The van der Waals surface area contributed by atoms with E-state index in [9.17, 15) is 4.79 Å². The van der Waals surface area contributed by atoms with E-state index in [-0.39, 0.29) is 17.9 Å². The zero-order valence-corrected chi connectivity index (χ0v) is 9.69. The van der Waals surface area contributed by atoms with Gasteiger partial charge in [-0.1, -0.05) is 29.8 Å². The zero-order valence-electron chi connectivity index (χ0n) is 9.69. The molecule has 0 aromatic heterocycles. The fraction of sp³-hybridized carbons (Fsp3) is 0.462. The highest BCUT2D eigenvalue weighted by atomic mass is 16.5. The summed E-state index contributed by atoms with van der Waals surface area (Å²) in [4.78, 5) is 11.6. The first kappa shape index (κ1) is 11.1. The minimum atomic E-state index is -0.115. The molecular formula is C13H17NO2. The molecule has 16 heavy (non-hydrogen) atoms. The number of aryl methyl sites for hydroxylation is 1. The fourth-order valence-corrected chi connectivity index (χ4v) is 2.23. The van der Waals surface area contributed by atoms with E-state index in [0.29, 0.717) is 0 Å². The molecule has 1 N–H and O–H groups in total. The summed E-state index contributed by atoms with van der Waals surface area (Å²) in [7, 11) is 1.45. The van der Waals surface area contributed by atoms with E-state index in [1.807, 2.05) is 0 Å². The molecule has 1 fully saturated rings. The van der Waals surface area contributed by atoms with Crippen LogP contribution in [0.25, 0.3) is 0 Å². The largest absolute Gasteiger partial charge is 0.469 e. The lowest BCUT2D eigenvalue weighted by Crippen LogP contribution is -2.24. The third-order valence-electron chi connectivity index (χ3n) is 3.16. The van der Waals surface area contributed by atoms with Crippen LogP contribution in [-0.4, -0.2) is 19.6 Å². The first-order chi connectivity index (χ1) is 7.72. The van der Waals surface area contributed by atoms with E-state index < -0.39 is 0 Å². The first-order valence-electron chi connectivity index (χ1n) is 5.60. The number of hydrogen-bond donors (Lipinski definition) is 1. The molecule has 3 nitrogen and oxygen atoms in total. The Morgan fingerprint density at radius 3 is 2.69 bits per heavy atom. The van der Waals surface area contributed by atoms with E-state index in [4.69, 9.17) is 4.74 Å². The van der Waals surface area contributed by atoms with Gasteiger partial charge in [-0.05, 0) is 25.5 Å². The van der Waals surface area contributed by atoms with Crippen molar-refractivity contribution in [1.82, 2.24) is 5.32 Å². The highest BCUT2D eigenvalue weighted by molar-refractivity contribution is 5.74. The molecule has 2 atom stereocenters. The molecule has 0 radical (unpaired) electrons. The van der Waals surface area contributed by atoms with Crippen molar-refractivity contribution in [2.75, 3.05) is 13.7 Å². The SMILES string of the molecule is COC(=O)C1CCNC1c1ccc(C)cc1. The highest BCUT2D eigenvalue weighted by Gasteiger charge is 2.34. The van der Waals surface area contributed by atoms with Crippen LogP contribution >= 0.6 is 0 Å². The molecule has 1 aliphatic rings. The van der Waals surface area contributed by atoms with Crippen LogP contribution in [0.2, 0.25) is 0 Å². The molecule has 3 heteroatoms. The van der Waals surface area contributed by atoms with Crippen LogP contribution in [0.5, 0.6) is 0 Å². The second-order valence-electron chi connectivity index (χ2n) is 4.26. The Kier molecular flexibility index (Phi) is 3.25. The minimum Gasteiger partial charge on any atom is -0.469 e. The molecule has 1 aromatic carbocycles. The number of benzene rings is 1. The van der Waals surface area contributed by atoms with Gasteiger partial charge in [-0.25, -0.2) is 0 Å². The van der Waals surface area contributed by atoms with E-state index in [1.54, 1.807) is 0 Å². The Bertz CT molecular complexity index is 372. The molecule has 2 unspecified atom stereocenters. The van der Waals surface area contributed by atoms with Gasteiger partial charge in [-0.3, -0.25) is 4.79 Å². The lowest BCUT2D eigenvalue weighted by Gasteiger charge is -2.18. The van der Waals surface area contributed by atoms with Crippen LogP contribution in [-0.2, 0) is 9.53 Å². The van der Waals surface area contributed by atoms with Crippen molar-refractivity contribution in [3.63, 3.8) is 0 Å². The number of hydrogen-bond acceptors (Lipinski definition) is 3. The predicted octanol–water partition coefficient (Wildman–Crippen LogP) is 1.82. The monoisotopic (exact) mass is 219 g/mol. The quantitative estimate of drug-likeness (QED) is 0.771. The lowest BCUT2D eigenvalue weighted by atomic mass is 9.94. The van der Waals surface area contributed by atoms with Gasteiger partial charge in [0.25, 0.3) is 0 Å². The van der Waals surface area contributed by atoms with Crippen molar-refractivity contribution < 1.29 is 9.53 Å². The number of rotatable bonds is 2. The second-order valence-corrected chi connectivity index (χ2v) is 4.26. The van der Waals surface area contributed by atoms with E-state index in [0.717, 1.165) is 13.0 Å². The molecule has 1 saturated heterocycles. The summed E-state index contributed by atoms with van der Waals surface area (Å²) in [6, 6.07) is 8.41. The Balaban J connectivity index is 2.19. The summed E-state index contributed by atoms with van der Waals surface area (Å²) in [5.74, 6) is -0.164. The maximum absolute atomic E-state index is 11.6. The zero-order chi connectivity index (χ0) is 11.5. The minimum absolute atomic E-state index is 0.0484. The van der Waals surface area contributed by atoms with Crippen molar-refractivity contribution in [2.45, 2.75) is 19.4 Å². The van der Waals surface area contributed by atoms with E-state index in [2.05, 4.69) is 36.5 Å². The number of carbonyl (C=O) groups excluding carboxylic acids is 1. The highest BCUT2D eigenvalue weighted by Crippen LogP contribution is 2.30. The number of methoxy groups -OCH3 is 1. The average Bonchev–Trinajstić information content (AvgIpc) is 2.78.